The lowest BCUT2D eigenvalue weighted by Gasteiger charge is -2.28. The van der Waals surface area contributed by atoms with E-state index < -0.39 is 0 Å². The maximum Gasteiger partial charge on any atom is 0.324 e. The van der Waals surface area contributed by atoms with E-state index >= 15 is 0 Å². The number of anilines is 1. The van der Waals surface area contributed by atoms with Gasteiger partial charge in [0.25, 0.3) is 0 Å². The fourth-order valence-corrected chi connectivity index (χ4v) is 4.21. The largest absolute Gasteiger partial charge is 0.378 e. The van der Waals surface area contributed by atoms with Gasteiger partial charge in [0.05, 0.1) is 26.3 Å². The molecule has 0 unspecified atom stereocenters. The Bertz CT molecular complexity index is 837. The number of thioether (sulfide) groups is 1. The Morgan fingerprint density at radius 3 is 2.62 bits per heavy atom. The third-order valence-electron chi connectivity index (χ3n) is 4.87. The van der Waals surface area contributed by atoms with Gasteiger partial charge in [0.1, 0.15) is 0 Å². The second-order valence-corrected chi connectivity index (χ2v) is 7.92. The molecule has 2 aliphatic heterocycles. The van der Waals surface area contributed by atoms with Gasteiger partial charge in [-0.05, 0) is 12.0 Å². The lowest BCUT2D eigenvalue weighted by molar-refractivity contribution is -0.124. The number of imide groups is 1. The summed E-state index contributed by atoms with van der Waals surface area (Å²) in [6, 6.07) is 9.94. The average Bonchev–Trinajstić information content (AvgIpc) is 3.30. The molecule has 1 aromatic heterocycles. The molecule has 1 N–H and O–H groups in total. The fraction of sp³-hybridized carbons (Fsp3) is 0.474. The molecule has 0 saturated carbocycles. The number of rotatable bonds is 8. The number of nitrogens with one attached hydrogen (secondary N) is 1. The van der Waals surface area contributed by atoms with Crippen LogP contribution in [0.15, 0.2) is 35.5 Å². The molecule has 1 aromatic carbocycles. The fourth-order valence-electron chi connectivity index (χ4n) is 3.36. The predicted molar refractivity (Wildman–Crippen MR) is 109 cm³/mol. The number of benzene rings is 1. The van der Waals surface area contributed by atoms with Crippen LogP contribution in [0.5, 0.6) is 0 Å². The predicted octanol–water partition coefficient (Wildman–Crippen LogP) is 1.20. The molecule has 2 aliphatic rings. The second-order valence-electron chi connectivity index (χ2n) is 6.86. The molecule has 10 heteroatoms. The van der Waals surface area contributed by atoms with E-state index in [2.05, 4.69) is 37.1 Å². The molecule has 0 aliphatic carbocycles. The number of hydrogen-bond acceptors (Lipinski definition) is 7. The molecule has 29 heavy (non-hydrogen) atoms. The number of ether oxygens (including phenoxy) is 1. The lowest BCUT2D eigenvalue weighted by atomic mass is 10.2. The summed E-state index contributed by atoms with van der Waals surface area (Å²) in [7, 11) is 0. The highest BCUT2D eigenvalue weighted by Crippen LogP contribution is 2.24. The highest BCUT2D eigenvalue weighted by atomic mass is 32.2. The molecule has 3 heterocycles. The van der Waals surface area contributed by atoms with Crippen LogP contribution in [0.25, 0.3) is 0 Å². The quantitative estimate of drug-likeness (QED) is 0.393. The minimum absolute atomic E-state index is 0.0975. The van der Waals surface area contributed by atoms with Crippen molar-refractivity contribution in [1.82, 2.24) is 25.0 Å². The van der Waals surface area contributed by atoms with E-state index in [9.17, 15) is 9.59 Å². The molecule has 2 saturated heterocycles. The molecule has 3 amide bonds. The van der Waals surface area contributed by atoms with Crippen LogP contribution in [-0.2, 0) is 16.1 Å². The number of urea groups is 1. The van der Waals surface area contributed by atoms with Gasteiger partial charge in [-0.1, -0.05) is 42.1 Å². The normalized spacial score (nSPS) is 17.1. The third kappa shape index (κ3) is 4.70. The van der Waals surface area contributed by atoms with Gasteiger partial charge in [0.15, 0.2) is 5.16 Å². The smallest absolute Gasteiger partial charge is 0.324 e. The van der Waals surface area contributed by atoms with E-state index in [0.29, 0.717) is 32.7 Å². The number of hydrogen-bond donors (Lipinski definition) is 1. The first kappa shape index (κ1) is 19.7. The molecular weight excluding hydrogens is 392 g/mol. The van der Waals surface area contributed by atoms with Crippen molar-refractivity contribution in [2.24, 2.45) is 0 Å². The Hall–Kier alpha value is -2.59. The summed E-state index contributed by atoms with van der Waals surface area (Å²) in [5.41, 5.74) is 1.18. The molecular formula is C19H24N6O3S. The monoisotopic (exact) mass is 416 g/mol. The molecule has 0 bridgehead atoms. The molecule has 0 spiro atoms. The summed E-state index contributed by atoms with van der Waals surface area (Å²) in [5, 5.41) is 12.3. The third-order valence-corrected chi connectivity index (χ3v) is 5.92. The van der Waals surface area contributed by atoms with E-state index in [4.69, 9.17) is 4.74 Å². The number of aromatic nitrogens is 3. The maximum atomic E-state index is 11.7. The maximum absolute atomic E-state index is 11.7. The van der Waals surface area contributed by atoms with Crippen molar-refractivity contribution >= 4 is 29.6 Å². The van der Waals surface area contributed by atoms with Crippen molar-refractivity contribution < 1.29 is 14.3 Å². The summed E-state index contributed by atoms with van der Waals surface area (Å²) in [4.78, 5) is 26.8. The van der Waals surface area contributed by atoms with Crippen LogP contribution in [0.2, 0.25) is 0 Å². The zero-order chi connectivity index (χ0) is 20.1. The van der Waals surface area contributed by atoms with Crippen molar-refractivity contribution in [2.75, 3.05) is 50.0 Å². The van der Waals surface area contributed by atoms with E-state index in [1.807, 2.05) is 18.2 Å². The van der Waals surface area contributed by atoms with Gasteiger partial charge in [-0.15, -0.1) is 10.2 Å². The number of morpholine rings is 1. The van der Waals surface area contributed by atoms with Crippen LogP contribution in [0.1, 0.15) is 12.0 Å². The number of amides is 3. The summed E-state index contributed by atoms with van der Waals surface area (Å²) in [6.07, 6.45) is 0.703. The number of carbonyl (C=O) groups excluding carboxylic acids is 2. The van der Waals surface area contributed by atoms with Gasteiger partial charge in [-0.2, -0.15) is 0 Å². The second kappa shape index (κ2) is 9.27. The first-order valence-electron chi connectivity index (χ1n) is 9.73. The molecule has 2 fully saturated rings. The summed E-state index contributed by atoms with van der Waals surface area (Å²) in [6.45, 7) is 4.17. The van der Waals surface area contributed by atoms with Crippen LogP contribution < -0.4 is 10.2 Å². The topological polar surface area (TPSA) is 92.6 Å². The highest BCUT2D eigenvalue weighted by Gasteiger charge is 2.27. The molecule has 9 nitrogen and oxygen atoms in total. The summed E-state index contributed by atoms with van der Waals surface area (Å²) < 4.78 is 7.60. The van der Waals surface area contributed by atoms with Crippen molar-refractivity contribution in [3.05, 3.63) is 35.9 Å². The molecule has 4 rings (SSSR count). The van der Waals surface area contributed by atoms with Gasteiger partial charge in [0, 0.05) is 25.4 Å². The van der Waals surface area contributed by atoms with Crippen LogP contribution in [0, 0.1) is 0 Å². The highest BCUT2D eigenvalue weighted by molar-refractivity contribution is 7.99. The van der Waals surface area contributed by atoms with Crippen LogP contribution in [0.4, 0.5) is 10.7 Å². The molecule has 0 atom stereocenters. The van der Waals surface area contributed by atoms with Crippen molar-refractivity contribution in [3.8, 4) is 0 Å². The van der Waals surface area contributed by atoms with Crippen molar-refractivity contribution in [1.29, 1.82) is 0 Å². The zero-order valence-corrected chi connectivity index (χ0v) is 16.9. The lowest BCUT2D eigenvalue weighted by Crippen LogP contribution is -2.38. The zero-order valence-electron chi connectivity index (χ0n) is 16.1. The van der Waals surface area contributed by atoms with Crippen LogP contribution in [0.3, 0.4) is 0 Å². The Morgan fingerprint density at radius 2 is 1.90 bits per heavy atom. The van der Waals surface area contributed by atoms with Crippen molar-refractivity contribution in [3.63, 3.8) is 0 Å². The Balaban J connectivity index is 1.43. The Kier molecular flexibility index (Phi) is 6.30. The SMILES string of the molecule is O=C1CNC(=O)N1CCCSc1nnc(N2CCOCC2)n1Cc1ccccc1. The Labute approximate surface area is 173 Å². The van der Waals surface area contributed by atoms with Gasteiger partial charge in [-0.3, -0.25) is 14.3 Å². The Morgan fingerprint density at radius 1 is 1.10 bits per heavy atom. The van der Waals surface area contributed by atoms with Gasteiger partial charge < -0.3 is 15.0 Å². The first-order valence-corrected chi connectivity index (χ1v) is 10.7. The average molecular weight is 417 g/mol. The number of carbonyl (C=O) groups is 2. The number of nitrogens with zero attached hydrogens (tertiary/aromatic N) is 5. The minimum atomic E-state index is -0.304. The van der Waals surface area contributed by atoms with Crippen LogP contribution >= 0.6 is 11.8 Å². The van der Waals surface area contributed by atoms with E-state index in [-0.39, 0.29) is 18.5 Å². The molecule has 0 radical (unpaired) electrons. The van der Waals surface area contributed by atoms with Gasteiger partial charge in [-0.25, -0.2) is 4.79 Å². The standard InChI is InChI=1S/C19H24N6O3S/c26-16-13-20-18(27)24(16)7-4-12-29-19-22-21-17(23-8-10-28-11-9-23)25(19)14-15-5-2-1-3-6-15/h1-3,5-6H,4,7-14H2,(H,20,27). The van der Waals surface area contributed by atoms with Gasteiger partial charge >= 0.3 is 6.03 Å². The van der Waals surface area contributed by atoms with Gasteiger partial charge in [0.2, 0.25) is 11.9 Å². The first-order chi connectivity index (χ1) is 14.2. The van der Waals surface area contributed by atoms with E-state index in [1.165, 1.54) is 10.5 Å². The summed E-state index contributed by atoms with van der Waals surface area (Å²) in [5.74, 6) is 1.43. The molecule has 2 aromatic rings. The minimum Gasteiger partial charge on any atom is -0.378 e. The summed E-state index contributed by atoms with van der Waals surface area (Å²) >= 11 is 1.60. The van der Waals surface area contributed by atoms with E-state index in [1.54, 1.807) is 11.8 Å². The van der Waals surface area contributed by atoms with Crippen LogP contribution in [-0.4, -0.2) is 76.7 Å². The molecule has 154 valence electrons. The van der Waals surface area contributed by atoms with Crippen molar-refractivity contribution in [2.45, 2.75) is 18.1 Å². The van der Waals surface area contributed by atoms with E-state index in [0.717, 1.165) is 29.9 Å².